The predicted molar refractivity (Wildman–Crippen MR) is 45.6 cm³/mol. The summed E-state index contributed by atoms with van der Waals surface area (Å²) in [6.45, 7) is 7.01. The van der Waals surface area contributed by atoms with Gasteiger partial charge in [0.25, 0.3) is 0 Å². The minimum atomic E-state index is 0.136. The molecule has 0 aliphatic rings. The second-order valence-electron chi connectivity index (χ2n) is 2.50. The van der Waals surface area contributed by atoms with Crippen molar-refractivity contribution in [3.8, 4) is 0 Å². The lowest BCUT2D eigenvalue weighted by atomic mass is 10.2. The first-order valence-corrected chi connectivity index (χ1v) is 4.41. The third-order valence-corrected chi connectivity index (χ3v) is 1.73. The van der Waals surface area contributed by atoms with Crippen LogP contribution >= 0.6 is 11.6 Å². The van der Waals surface area contributed by atoms with Gasteiger partial charge in [-0.2, -0.15) is 0 Å². The maximum atomic E-state index is 5.85. The van der Waals surface area contributed by atoms with E-state index < -0.39 is 0 Å². The highest BCUT2D eigenvalue weighted by Crippen LogP contribution is 2.09. The van der Waals surface area contributed by atoms with Crippen molar-refractivity contribution in [1.29, 1.82) is 0 Å². The summed E-state index contributed by atoms with van der Waals surface area (Å²) in [5.74, 6) is 0. The summed E-state index contributed by atoms with van der Waals surface area (Å²) in [7, 11) is 0. The Balaban J connectivity index is 3.40. The molecule has 0 saturated carbocycles. The smallest absolute Gasteiger partial charge is 0.0733 e. The standard InChI is InChI=1S/C8H17ClO/c1-4-6-10-8(5-2)7(3)9/h7-8H,4-6H2,1-3H3. The van der Waals surface area contributed by atoms with Gasteiger partial charge in [0.1, 0.15) is 0 Å². The molecule has 0 aromatic heterocycles. The van der Waals surface area contributed by atoms with Crippen molar-refractivity contribution < 1.29 is 4.74 Å². The van der Waals surface area contributed by atoms with Crippen molar-refractivity contribution in [3.05, 3.63) is 0 Å². The topological polar surface area (TPSA) is 9.23 Å². The van der Waals surface area contributed by atoms with Crippen LogP contribution in [0.3, 0.4) is 0 Å². The summed E-state index contributed by atoms with van der Waals surface area (Å²) in [6.07, 6.45) is 2.31. The number of alkyl halides is 1. The van der Waals surface area contributed by atoms with Gasteiger partial charge in [0.05, 0.1) is 11.5 Å². The summed E-state index contributed by atoms with van der Waals surface area (Å²) in [5, 5.41) is 0.136. The fourth-order valence-electron chi connectivity index (χ4n) is 0.844. The molecule has 0 fully saturated rings. The van der Waals surface area contributed by atoms with Gasteiger partial charge < -0.3 is 4.74 Å². The minimum Gasteiger partial charge on any atom is -0.377 e. The number of hydrogen-bond donors (Lipinski definition) is 0. The molecular formula is C8H17ClO. The van der Waals surface area contributed by atoms with Crippen LogP contribution in [-0.4, -0.2) is 18.1 Å². The van der Waals surface area contributed by atoms with Crippen LogP contribution in [0.2, 0.25) is 0 Å². The van der Waals surface area contributed by atoms with Crippen molar-refractivity contribution in [1.82, 2.24) is 0 Å². The molecule has 0 spiro atoms. The van der Waals surface area contributed by atoms with Gasteiger partial charge in [-0.3, -0.25) is 0 Å². The Labute approximate surface area is 68.7 Å². The summed E-state index contributed by atoms with van der Waals surface area (Å²) >= 11 is 5.85. The van der Waals surface area contributed by atoms with Crippen LogP contribution in [0, 0.1) is 0 Å². The Bertz CT molecular complexity index is 73.7. The molecule has 0 radical (unpaired) electrons. The molecule has 2 heteroatoms. The van der Waals surface area contributed by atoms with E-state index in [1.807, 2.05) is 6.92 Å². The Hall–Kier alpha value is 0.250. The van der Waals surface area contributed by atoms with Gasteiger partial charge >= 0.3 is 0 Å². The normalized spacial score (nSPS) is 16.8. The van der Waals surface area contributed by atoms with Gasteiger partial charge in [-0.1, -0.05) is 13.8 Å². The molecule has 0 bridgehead atoms. The second-order valence-corrected chi connectivity index (χ2v) is 3.18. The maximum Gasteiger partial charge on any atom is 0.0733 e. The zero-order valence-corrected chi connectivity index (χ0v) is 7.82. The van der Waals surface area contributed by atoms with Crippen LogP contribution in [0.4, 0.5) is 0 Å². The van der Waals surface area contributed by atoms with E-state index in [9.17, 15) is 0 Å². The first kappa shape index (κ1) is 10.2. The van der Waals surface area contributed by atoms with Gasteiger partial charge in [0.15, 0.2) is 0 Å². The maximum absolute atomic E-state index is 5.85. The van der Waals surface area contributed by atoms with E-state index in [1.54, 1.807) is 0 Å². The lowest BCUT2D eigenvalue weighted by Crippen LogP contribution is -2.21. The van der Waals surface area contributed by atoms with Crippen LogP contribution in [0.1, 0.15) is 33.6 Å². The Morgan fingerprint density at radius 2 is 2.00 bits per heavy atom. The molecule has 2 atom stereocenters. The molecule has 0 heterocycles. The van der Waals surface area contributed by atoms with E-state index in [0.29, 0.717) is 0 Å². The molecule has 0 aliphatic heterocycles. The van der Waals surface area contributed by atoms with Crippen LogP contribution < -0.4 is 0 Å². The highest BCUT2D eigenvalue weighted by Gasteiger charge is 2.11. The zero-order chi connectivity index (χ0) is 7.98. The Morgan fingerprint density at radius 3 is 2.30 bits per heavy atom. The van der Waals surface area contributed by atoms with Crippen molar-refractivity contribution in [2.45, 2.75) is 45.1 Å². The molecule has 0 aliphatic carbocycles. The van der Waals surface area contributed by atoms with Gasteiger partial charge in [-0.15, -0.1) is 11.6 Å². The third-order valence-electron chi connectivity index (χ3n) is 1.45. The first-order chi connectivity index (χ1) is 4.72. The van der Waals surface area contributed by atoms with Gasteiger partial charge in [-0.05, 0) is 19.8 Å². The lowest BCUT2D eigenvalue weighted by Gasteiger charge is -2.17. The van der Waals surface area contributed by atoms with Crippen molar-refractivity contribution >= 4 is 11.6 Å². The molecule has 0 amide bonds. The number of ether oxygens (including phenoxy) is 1. The number of hydrogen-bond acceptors (Lipinski definition) is 1. The summed E-state index contributed by atoms with van der Waals surface area (Å²) < 4.78 is 5.47. The summed E-state index contributed by atoms with van der Waals surface area (Å²) in [4.78, 5) is 0. The molecule has 1 nitrogen and oxygen atoms in total. The monoisotopic (exact) mass is 164 g/mol. The minimum absolute atomic E-state index is 0.136. The fraction of sp³-hybridized carbons (Fsp3) is 1.00. The fourth-order valence-corrected chi connectivity index (χ4v) is 1.10. The first-order valence-electron chi connectivity index (χ1n) is 3.98. The van der Waals surface area contributed by atoms with Gasteiger partial charge in [-0.25, -0.2) is 0 Å². The van der Waals surface area contributed by atoms with E-state index >= 15 is 0 Å². The summed E-state index contributed by atoms with van der Waals surface area (Å²) in [6, 6.07) is 0. The van der Waals surface area contributed by atoms with Crippen molar-refractivity contribution in [2.24, 2.45) is 0 Å². The molecule has 2 unspecified atom stereocenters. The van der Waals surface area contributed by atoms with Gasteiger partial charge in [0.2, 0.25) is 0 Å². The lowest BCUT2D eigenvalue weighted by molar-refractivity contribution is 0.0512. The molecule has 0 aromatic rings. The number of rotatable bonds is 5. The van der Waals surface area contributed by atoms with Crippen molar-refractivity contribution in [3.63, 3.8) is 0 Å². The highest BCUT2D eigenvalue weighted by atomic mass is 35.5. The third kappa shape index (κ3) is 4.13. The van der Waals surface area contributed by atoms with E-state index in [-0.39, 0.29) is 11.5 Å². The largest absolute Gasteiger partial charge is 0.377 e. The molecule has 10 heavy (non-hydrogen) atoms. The molecular weight excluding hydrogens is 148 g/mol. The summed E-state index contributed by atoms with van der Waals surface area (Å²) in [5.41, 5.74) is 0. The zero-order valence-electron chi connectivity index (χ0n) is 7.06. The van der Waals surface area contributed by atoms with E-state index in [1.165, 1.54) is 0 Å². The SMILES string of the molecule is CCCOC(CC)C(C)Cl. The van der Waals surface area contributed by atoms with Crippen LogP contribution in [0.5, 0.6) is 0 Å². The van der Waals surface area contributed by atoms with E-state index in [4.69, 9.17) is 16.3 Å². The van der Waals surface area contributed by atoms with Crippen LogP contribution in [-0.2, 0) is 4.74 Å². The molecule has 0 N–H and O–H groups in total. The average molecular weight is 165 g/mol. The Kier molecular flexibility index (Phi) is 6.14. The van der Waals surface area contributed by atoms with Crippen molar-refractivity contribution in [2.75, 3.05) is 6.61 Å². The highest BCUT2D eigenvalue weighted by molar-refractivity contribution is 6.20. The molecule has 62 valence electrons. The van der Waals surface area contributed by atoms with Gasteiger partial charge in [0, 0.05) is 6.61 Å². The average Bonchev–Trinajstić information content (AvgIpc) is 1.89. The number of halogens is 1. The predicted octanol–water partition coefficient (Wildman–Crippen LogP) is 2.82. The van der Waals surface area contributed by atoms with E-state index in [2.05, 4.69) is 13.8 Å². The Morgan fingerprint density at radius 1 is 1.40 bits per heavy atom. The quantitative estimate of drug-likeness (QED) is 0.568. The molecule has 0 rings (SSSR count). The molecule has 0 aromatic carbocycles. The van der Waals surface area contributed by atoms with Crippen LogP contribution in [0.25, 0.3) is 0 Å². The van der Waals surface area contributed by atoms with Crippen LogP contribution in [0.15, 0.2) is 0 Å². The second kappa shape index (κ2) is 5.99. The van der Waals surface area contributed by atoms with E-state index in [0.717, 1.165) is 19.4 Å². The molecule has 0 saturated heterocycles.